The molecule has 0 radical (unpaired) electrons. The van der Waals surface area contributed by atoms with E-state index >= 15 is 0 Å². The molecule has 1 heterocycles. The summed E-state index contributed by atoms with van der Waals surface area (Å²) in [5.74, 6) is -0.328. The van der Waals surface area contributed by atoms with Crippen molar-refractivity contribution in [3.8, 4) is 0 Å². The Kier molecular flexibility index (Phi) is 3.93. The van der Waals surface area contributed by atoms with Crippen LogP contribution in [0.4, 0.5) is 0 Å². The second kappa shape index (κ2) is 5.82. The van der Waals surface area contributed by atoms with Crippen molar-refractivity contribution < 1.29 is 9.59 Å². The van der Waals surface area contributed by atoms with Crippen molar-refractivity contribution in [3.63, 3.8) is 0 Å². The first-order valence-electron chi connectivity index (χ1n) is 5.89. The van der Waals surface area contributed by atoms with Crippen LogP contribution in [0.2, 0.25) is 0 Å². The monoisotopic (exact) mass is 254 g/mol. The zero-order valence-corrected chi connectivity index (χ0v) is 10.3. The standard InChI is InChI=1S/C8H7NO.C7H7NO/c10-8-7-4-2-1-3-6(7)5-9-8;8-7(9)6-4-2-1-3-5-6/h1-4H,5H2,(H,9,10);1-5H,(H2,8,9). The molecule has 4 heteroatoms. The molecule has 96 valence electrons. The summed E-state index contributed by atoms with van der Waals surface area (Å²) in [7, 11) is 0. The molecule has 2 aromatic carbocycles. The van der Waals surface area contributed by atoms with Crippen LogP contribution < -0.4 is 11.1 Å². The summed E-state index contributed by atoms with van der Waals surface area (Å²) in [4.78, 5) is 21.4. The summed E-state index contributed by atoms with van der Waals surface area (Å²) < 4.78 is 0. The van der Waals surface area contributed by atoms with Gasteiger partial charge in [-0.1, -0.05) is 36.4 Å². The normalized spacial score (nSPS) is 11.9. The molecule has 0 bridgehead atoms. The van der Waals surface area contributed by atoms with Crippen LogP contribution in [-0.2, 0) is 6.54 Å². The minimum atomic E-state index is -0.379. The lowest BCUT2D eigenvalue weighted by molar-refractivity contribution is 0.0964. The van der Waals surface area contributed by atoms with Gasteiger partial charge in [0.1, 0.15) is 0 Å². The lowest BCUT2D eigenvalue weighted by atomic mass is 10.1. The number of carbonyl (C=O) groups excluding carboxylic acids is 2. The molecule has 1 aliphatic heterocycles. The molecule has 0 fully saturated rings. The molecule has 0 aliphatic carbocycles. The van der Waals surface area contributed by atoms with Crippen LogP contribution in [0, 0.1) is 0 Å². The van der Waals surface area contributed by atoms with Gasteiger partial charge in [0.15, 0.2) is 0 Å². The first-order chi connectivity index (χ1) is 9.18. The van der Waals surface area contributed by atoms with Crippen LogP contribution in [0.25, 0.3) is 0 Å². The van der Waals surface area contributed by atoms with Crippen LogP contribution >= 0.6 is 0 Å². The van der Waals surface area contributed by atoms with E-state index in [9.17, 15) is 9.59 Å². The maximum absolute atomic E-state index is 11.0. The Morgan fingerprint density at radius 1 is 1.00 bits per heavy atom. The van der Waals surface area contributed by atoms with Crippen molar-refractivity contribution in [2.24, 2.45) is 5.73 Å². The third-order valence-corrected chi connectivity index (χ3v) is 2.76. The van der Waals surface area contributed by atoms with Gasteiger partial charge >= 0.3 is 0 Å². The fraction of sp³-hybridized carbons (Fsp3) is 0.0667. The van der Waals surface area contributed by atoms with Gasteiger partial charge in [-0.2, -0.15) is 0 Å². The molecule has 4 nitrogen and oxygen atoms in total. The number of hydrogen-bond donors (Lipinski definition) is 2. The van der Waals surface area contributed by atoms with Gasteiger partial charge < -0.3 is 11.1 Å². The largest absolute Gasteiger partial charge is 0.366 e. The van der Waals surface area contributed by atoms with Crippen LogP contribution in [0.5, 0.6) is 0 Å². The van der Waals surface area contributed by atoms with Gasteiger partial charge in [0.2, 0.25) is 5.91 Å². The van der Waals surface area contributed by atoms with Gasteiger partial charge in [-0.3, -0.25) is 9.59 Å². The Bertz CT molecular complexity index is 594. The molecular formula is C15H14N2O2. The molecule has 3 rings (SSSR count). The Balaban J connectivity index is 0.000000141. The topological polar surface area (TPSA) is 72.2 Å². The maximum Gasteiger partial charge on any atom is 0.251 e. The number of nitrogens with one attached hydrogen (secondary N) is 1. The molecular weight excluding hydrogens is 240 g/mol. The van der Waals surface area contributed by atoms with Crippen molar-refractivity contribution in [1.82, 2.24) is 5.32 Å². The molecule has 0 aromatic heterocycles. The van der Waals surface area contributed by atoms with Gasteiger partial charge in [-0.05, 0) is 23.8 Å². The molecule has 0 unspecified atom stereocenters. The highest BCUT2D eigenvalue weighted by atomic mass is 16.2. The molecule has 0 saturated carbocycles. The van der Waals surface area contributed by atoms with Crippen LogP contribution in [0.15, 0.2) is 54.6 Å². The third kappa shape index (κ3) is 3.19. The quantitative estimate of drug-likeness (QED) is 0.813. The smallest absolute Gasteiger partial charge is 0.251 e. The molecule has 2 aromatic rings. The average Bonchev–Trinajstić information content (AvgIpc) is 2.83. The highest BCUT2D eigenvalue weighted by Gasteiger charge is 2.16. The molecule has 19 heavy (non-hydrogen) atoms. The second-order valence-corrected chi connectivity index (χ2v) is 4.07. The van der Waals surface area contributed by atoms with Gasteiger partial charge in [-0.25, -0.2) is 0 Å². The van der Waals surface area contributed by atoms with E-state index in [4.69, 9.17) is 5.73 Å². The van der Waals surface area contributed by atoms with Crippen LogP contribution in [0.3, 0.4) is 0 Å². The van der Waals surface area contributed by atoms with Gasteiger partial charge in [-0.15, -0.1) is 0 Å². The number of carbonyl (C=O) groups is 2. The van der Waals surface area contributed by atoms with E-state index in [0.717, 1.165) is 11.1 Å². The number of fused-ring (bicyclic) bond motifs is 1. The van der Waals surface area contributed by atoms with Crippen LogP contribution in [0.1, 0.15) is 26.3 Å². The Labute approximate surface area is 111 Å². The maximum atomic E-state index is 11.0. The molecule has 0 atom stereocenters. The summed E-state index contributed by atoms with van der Waals surface area (Å²) >= 11 is 0. The van der Waals surface area contributed by atoms with E-state index < -0.39 is 0 Å². The Morgan fingerprint density at radius 3 is 2.21 bits per heavy atom. The summed E-state index contributed by atoms with van der Waals surface area (Å²) in [5, 5.41) is 2.75. The van der Waals surface area contributed by atoms with Crippen molar-refractivity contribution in [1.29, 1.82) is 0 Å². The molecule has 1 aliphatic rings. The van der Waals surface area contributed by atoms with Gasteiger partial charge in [0.05, 0.1) is 0 Å². The minimum absolute atomic E-state index is 0.0515. The van der Waals surface area contributed by atoms with Crippen molar-refractivity contribution in [3.05, 3.63) is 71.3 Å². The number of benzene rings is 2. The average molecular weight is 254 g/mol. The number of nitrogens with two attached hydrogens (primary N) is 1. The van der Waals surface area contributed by atoms with E-state index in [1.165, 1.54) is 0 Å². The number of hydrogen-bond acceptors (Lipinski definition) is 2. The Hall–Kier alpha value is -2.62. The zero-order valence-electron chi connectivity index (χ0n) is 10.3. The van der Waals surface area contributed by atoms with Crippen molar-refractivity contribution >= 4 is 11.8 Å². The lowest BCUT2D eigenvalue weighted by Crippen LogP contribution is -2.12. The third-order valence-electron chi connectivity index (χ3n) is 2.76. The predicted molar refractivity (Wildman–Crippen MR) is 72.6 cm³/mol. The van der Waals surface area contributed by atoms with Crippen molar-refractivity contribution in [2.45, 2.75) is 6.54 Å². The fourth-order valence-electron chi connectivity index (χ4n) is 1.77. The van der Waals surface area contributed by atoms with Crippen LogP contribution in [-0.4, -0.2) is 11.8 Å². The summed E-state index contributed by atoms with van der Waals surface area (Å²) in [5.41, 5.74) is 7.45. The van der Waals surface area contributed by atoms with Crippen molar-refractivity contribution in [2.75, 3.05) is 0 Å². The first kappa shape index (κ1) is 12.8. The molecule has 0 spiro atoms. The molecule has 2 amide bonds. The van der Waals surface area contributed by atoms with E-state index in [1.54, 1.807) is 24.3 Å². The summed E-state index contributed by atoms with van der Waals surface area (Å²) in [6.45, 7) is 0.689. The first-order valence-corrected chi connectivity index (χ1v) is 5.89. The summed E-state index contributed by atoms with van der Waals surface area (Å²) in [6, 6.07) is 16.4. The number of rotatable bonds is 1. The fourth-order valence-corrected chi connectivity index (χ4v) is 1.77. The zero-order chi connectivity index (χ0) is 13.7. The number of amides is 2. The van der Waals surface area contributed by atoms with E-state index in [0.29, 0.717) is 12.1 Å². The van der Waals surface area contributed by atoms with Gasteiger partial charge in [0, 0.05) is 17.7 Å². The highest BCUT2D eigenvalue weighted by Crippen LogP contribution is 2.13. The minimum Gasteiger partial charge on any atom is -0.366 e. The van der Waals surface area contributed by atoms with Gasteiger partial charge in [0.25, 0.3) is 5.91 Å². The van der Waals surface area contributed by atoms with E-state index in [1.807, 2.05) is 30.3 Å². The molecule has 3 N–H and O–H groups in total. The Morgan fingerprint density at radius 2 is 1.63 bits per heavy atom. The summed E-state index contributed by atoms with van der Waals surface area (Å²) in [6.07, 6.45) is 0. The van der Waals surface area contributed by atoms with E-state index in [2.05, 4.69) is 5.32 Å². The lowest BCUT2D eigenvalue weighted by Gasteiger charge is -1.89. The number of primary amides is 1. The van der Waals surface area contributed by atoms with E-state index in [-0.39, 0.29) is 11.8 Å². The second-order valence-electron chi connectivity index (χ2n) is 4.07. The SMILES string of the molecule is NC(=O)c1ccccc1.O=C1NCc2ccccc21. The molecule has 0 saturated heterocycles. The highest BCUT2D eigenvalue weighted by molar-refractivity contribution is 5.98. The predicted octanol–water partition coefficient (Wildman–Crippen LogP) is 1.72.